The summed E-state index contributed by atoms with van der Waals surface area (Å²) in [5.74, 6) is 0.280. The second-order valence-electron chi connectivity index (χ2n) is 8.50. The highest BCUT2D eigenvalue weighted by Crippen LogP contribution is 2.36. The van der Waals surface area contributed by atoms with Crippen molar-refractivity contribution < 1.29 is 9.13 Å². The average molecular weight is 438 g/mol. The molecule has 0 saturated carbocycles. The SMILES string of the molecule is CNCCC1=NN(C)C2CC=C(c3ccc(F)cc3OCCc3c(C)nn(C)c3C)C=C12. The van der Waals surface area contributed by atoms with E-state index in [0.29, 0.717) is 12.4 Å². The molecule has 32 heavy (non-hydrogen) atoms. The van der Waals surface area contributed by atoms with Gasteiger partial charge >= 0.3 is 0 Å². The summed E-state index contributed by atoms with van der Waals surface area (Å²) in [5, 5.41) is 14.5. The third-order valence-electron chi connectivity index (χ3n) is 6.43. The fraction of sp³-hybridized carbons (Fsp3) is 0.440. The highest BCUT2D eigenvalue weighted by Gasteiger charge is 2.31. The maximum absolute atomic E-state index is 14.1. The second kappa shape index (κ2) is 9.28. The molecule has 0 spiro atoms. The Hall–Kier alpha value is -2.93. The van der Waals surface area contributed by atoms with E-state index in [4.69, 9.17) is 9.84 Å². The summed E-state index contributed by atoms with van der Waals surface area (Å²) in [7, 11) is 5.93. The molecule has 1 atom stereocenters. The van der Waals surface area contributed by atoms with Gasteiger partial charge in [-0.1, -0.05) is 6.08 Å². The van der Waals surface area contributed by atoms with Gasteiger partial charge in [0.15, 0.2) is 0 Å². The lowest BCUT2D eigenvalue weighted by Gasteiger charge is -2.24. The number of allylic oxidation sites excluding steroid dienone is 2. The molecule has 1 aromatic heterocycles. The van der Waals surface area contributed by atoms with Crippen LogP contribution in [0, 0.1) is 19.7 Å². The summed E-state index contributed by atoms with van der Waals surface area (Å²) in [4.78, 5) is 0. The largest absolute Gasteiger partial charge is 0.492 e. The number of aryl methyl sites for hydroxylation is 2. The van der Waals surface area contributed by atoms with Gasteiger partial charge in [0.1, 0.15) is 11.6 Å². The normalized spacial score (nSPS) is 17.8. The minimum atomic E-state index is -0.295. The minimum absolute atomic E-state index is 0.270. The van der Waals surface area contributed by atoms with Crippen molar-refractivity contribution in [2.75, 3.05) is 27.2 Å². The van der Waals surface area contributed by atoms with Gasteiger partial charge in [-0.3, -0.25) is 9.69 Å². The van der Waals surface area contributed by atoms with Crippen molar-refractivity contribution in [2.45, 2.75) is 39.2 Å². The van der Waals surface area contributed by atoms with Crippen molar-refractivity contribution in [3.05, 3.63) is 64.3 Å². The Balaban J connectivity index is 1.55. The molecule has 0 radical (unpaired) electrons. The first-order chi connectivity index (χ1) is 15.4. The smallest absolute Gasteiger partial charge is 0.130 e. The van der Waals surface area contributed by atoms with Crippen LogP contribution in [0.5, 0.6) is 5.75 Å². The van der Waals surface area contributed by atoms with E-state index >= 15 is 0 Å². The lowest BCUT2D eigenvalue weighted by atomic mass is 9.88. The molecule has 0 saturated heterocycles. The summed E-state index contributed by atoms with van der Waals surface area (Å²) in [6, 6.07) is 5.07. The number of aromatic nitrogens is 2. The predicted molar refractivity (Wildman–Crippen MR) is 126 cm³/mol. The van der Waals surface area contributed by atoms with Crippen LogP contribution in [-0.4, -0.2) is 53.8 Å². The number of nitrogens with one attached hydrogen (secondary N) is 1. The molecule has 1 aromatic carbocycles. The van der Waals surface area contributed by atoms with E-state index in [1.807, 2.05) is 43.8 Å². The molecule has 2 aromatic rings. The number of hydrazone groups is 1. The van der Waals surface area contributed by atoms with Gasteiger partial charge in [-0.05, 0) is 56.7 Å². The fourth-order valence-electron chi connectivity index (χ4n) is 4.56. The summed E-state index contributed by atoms with van der Waals surface area (Å²) < 4.78 is 22.1. The number of fused-ring (bicyclic) bond motifs is 1. The van der Waals surface area contributed by atoms with Crippen LogP contribution in [0.1, 0.15) is 35.4 Å². The predicted octanol–water partition coefficient (Wildman–Crippen LogP) is 3.79. The van der Waals surface area contributed by atoms with Gasteiger partial charge in [0.25, 0.3) is 0 Å². The highest BCUT2D eigenvalue weighted by molar-refractivity contribution is 6.05. The molecular weight excluding hydrogens is 405 g/mol. The lowest BCUT2D eigenvalue weighted by molar-refractivity contribution is 0.310. The molecule has 170 valence electrons. The maximum atomic E-state index is 14.1. The van der Waals surface area contributed by atoms with Crippen molar-refractivity contribution in [1.82, 2.24) is 20.1 Å². The van der Waals surface area contributed by atoms with Crippen LogP contribution >= 0.6 is 0 Å². The first-order valence-corrected chi connectivity index (χ1v) is 11.2. The summed E-state index contributed by atoms with van der Waals surface area (Å²) >= 11 is 0. The topological polar surface area (TPSA) is 54.7 Å². The number of benzene rings is 1. The van der Waals surface area contributed by atoms with Crippen LogP contribution in [0.3, 0.4) is 0 Å². The zero-order chi connectivity index (χ0) is 22.8. The molecule has 1 N–H and O–H groups in total. The van der Waals surface area contributed by atoms with Crippen LogP contribution in [-0.2, 0) is 13.5 Å². The van der Waals surface area contributed by atoms with E-state index in [1.165, 1.54) is 23.3 Å². The van der Waals surface area contributed by atoms with Crippen LogP contribution in [0.2, 0.25) is 0 Å². The van der Waals surface area contributed by atoms with Gasteiger partial charge in [0.05, 0.1) is 24.1 Å². The van der Waals surface area contributed by atoms with E-state index < -0.39 is 0 Å². The van der Waals surface area contributed by atoms with E-state index in [-0.39, 0.29) is 11.9 Å². The molecule has 2 aliphatic rings. The number of halogens is 1. The molecule has 4 rings (SSSR count). The summed E-state index contributed by atoms with van der Waals surface area (Å²) in [6.07, 6.45) is 6.88. The number of likely N-dealkylation sites (N-methyl/N-ethyl adjacent to an activating group) is 1. The van der Waals surface area contributed by atoms with Crippen molar-refractivity contribution >= 4 is 11.3 Å². The zero-order valence-corrected chi connectivity index (χ0v) is 19.6. The molecule has 1 aliphatic carbocycles. The molecule has 1 unspecified atom stereocenters. The third kappa shape index (κ3) is 4.35. The van der Waals surface area contributed by atoms with E-state index in [0.717, 1.165) is 54.0 Å². The summed E-state index contributed by atoms with van der Waals surface area (Å²) in [5.41, 5.74) is 7.67. The van der Waals surface area contributed by atoms with E-state index in [2.05, 4.69) is 29.5 Å². The van der Waals surface area contributed by atoms with E-state index in [1.54, 1.807) is 0 Å². The Kier molecular flexibility index (Phi) is 6.46. The first kappa shape index (κ1) is 22.3. The lowest BCUT2D eigenvalue weighted by Crippen LogP contribution is -2.26. The second-order valence-corrected chi connectivity index (χ2v) is 8.50. The molecule has 6 nitrogen and oxygen atoms in total. The Labute approximate surface area is 189 Å². The first-order valence-electron chi connectivity index (χ1n) is 11.2. The molecule has 0 fully saturated rings. The molecular formula is C25H32FN5O. The van der Waals surface area contributed by atoms with Crippen LogP contribution in [0.25, 0.3) is 5.57 Å². The highest BCUT2D eigenvalue weighted by atomic mass is 19.1. The number of nitrogens with zero attached hydrogens (tertiary/aromatic N) is 4. The van der Waals surface area contributed by atoms with Crippen molar-refractivity contribution in [3.63, 3.8) is 0 Å². The van der Waals surface area contributed by atoms with Gasteiger partial charge in [0.2, 0.25) is 0 Å². The molecule has 0 bridgehead atoms. The zero-order valence-electron chi connectivity index (χ0n) is 19.6. The molecule has 2 heterocycles. The maximum Gasteiger partial charge on any atom is 0.130 e. The van der Waals surface area contributed by atoms with Gasteiger partial charge < -0.3 is 10.1 Å². The Morgan fingerprint density at radius 3 is 2.75 bits per heavy atom. The van der Waals surface area contributed by atoms with Gasteiger partial charge in [-0.2, -0.15) is 10.2 Å². The fourth-order valence-corrected chi connectivity index (χ4v) is 4.56. The van der Waals surface area contributed by atoms with Gasteiger partial charge in [0, 0.05) is 56.4 Å². The number of hydrogen-bond acceptors (Lipinski definition) is 5. The Bertz CT molecular complexity index is 1100. The number of ether oxygens (including phenoxy) is 1. The average Bonchev–Trinajstić information content (AvgIpc) is 3.21. The van der Waals surface area contributed by atoms with Crippen molar-refractivity contribution in [2.24, 2.45) is 12.1 Å². The van der Waals surface area contributed by atoms with Gasteiger partial charge in [-0.15, -0.1) is 0 Å². The monoisotopic (exact) mass is 437 g/mol. The molecule has 1 aliphatic heterocycles. The molecule has 0 amide bonds. The Morgan fingerprint density at radius 2 is 2.03 bits per heavy atom. The standard InChI is InChI=1S/C25H32FN5O/c1-16-20(17(2)30(4)28-16)11-13-32-25-15-19(26)7-8-21(25)18-6-9-24-22(14-18)23(10-12-27-3)29-31(24)5/h6-8,14-15,24,27H,9-13H2,1-5H3. The van der Waals surface area contributed by atoms with Crippen LogP contribution in [0.4, 0.5) is 4.39 Å². The van der Waals surface area contributed by atoms with Gasteiger partial charge in [-0.25, -0.2) is 4.39 Å². The van der Waals surface area contributed by atoms with Crippen molar-refractivity contribution in [3.8, 4) is 5.75 Å². The van der Waals surface area contributed by atoms with E-state index in [9.17, 15) is 4.39 Å². The quantitative estimate of drug-likeness (QED) is 0.683. The van der Waals surface area contributed by atoms with Crippen molar-refractivity contribution in [1.29, 1.82) is 0 Å². The minimum Gasteiger partial charge on any atom is -0.492 e. The number of rotatable bonds is 8. The molecule has 7 heteroatoms. The summed E-state index contributed by atoms with van der Waals surface area (Å²) in [6.45, 7) is 5.42. The Morgan fingerprint density at radius 1 is 1.22 bits per heavy atom. The van der Waals surface area contributed by atoms with Crippen LogP contribution < -0.4 is 10.1 Å². The number of hydrogen-bond donors (Lipinski definition) is 1. The van der Waals surface area contributed by atoms with Crippen LogP contribution in [0.15, 0.2) is 41.0 Å². The third-order valence-corrected chi connectivity index (χ3v) is 6.43.